The van der Waals surface area contributed by atoms with Crippen LogP contribution in [0.5, 0.6) is 0 Å². The van der Waals surface area contributed by atoms with Gasteiger partial charge in [-0.3, -0.25) is 4.79 Å². The molecule has 1 atom stereocenters. The summed E-state index contributed by atoms with van der Waals surface area (Å²) >= 11 is 6.60. The number of hydrogen-bond donors (Lipinski definition) is 1. The number of carbonyl (C=O) groups is 1. The summed E-state index contributed by atoms with van der Waals surface area (Å²) in [6.07, 6.45) is 4.11. The molecule has 34 heavy (non-hydrogen) atoms. The Kier molecular flexibility index (Phi) is 6.54. The van der Waals surface area contributed by atoms with Gasteiger partial charge in [0, 0.05) is 43.5 Å². The van der Waals surface area contributed by atoms with E-state index in [4.69, 9.17) is 16.6 Å². The number of aryl methyl sites for hydroxylation is 1. The lowest BCUT2D eigenvalue weighted by Gasteiger charge is -2.39. The Bertz CT molecular complexity index is 1180. The van der Waals surface area contributed by atoms with E-state index in [-0.39, 0.29) is 5.92 Å². The monoisotopic (exact) mass is 479 g/mol. The van der Waals surface area contributed by atoms with E-state index < -0.39 is 0 Å². The first-order chi connectivity index (χ1) is 16.4. The fourth-order valence-corrected chi connectivity index (χ4v) is 5.62. The third-order valence-corrected chi connectivity index (χ3v) is 7.81. The van der Waals surface area contributed by atoms with Crippen molar-refractivity contribution in [1.82, 2.24) is 19.8 Å². The van der Waals surface area contributed by atoms with Crippen LogP contribution in [0.25, 0.3) is 22.4 Å². The number of rotatable bonds is 4. The zero-order valence-electron chi connectivity index (χ0n) is 20.4. The van der Waals surface area contributed by atoms with Crippen LogP contribution in [0.15, 0.2) is 36.4 Å². The van der Waals surface area contributed by atoms with Crippen LogP contribution in [-0.4, -0.2) is 72.0 Å². The maximum atomic E-state index is 13.3. The quantitative estimate of drug-likeness (QED) is 0.574. The van der Waals surface area contributed by atoms with Gasteiger partial charge in [-0.2, -0.15) is 0 Å². The molecule has 1 aromatic heterocycles. The van der Waals surface area contributed by atoms with Crippen molar-refractivity contribution in [3.05, 3.63) is 47.0 Å². The van der Waals surface area contributed by atoms with Crippen molar-refractivity contribution in [2.24, 2.45) is 5.92 Å². The maximum Gasteiger partial charge on any atom is 0.227 e. The van der Waals surface area contributed by atoms with Gasteiger partial charge in [0.05, 0.1) is 22.0 Å². The van der Waals surface area contributed by atoms with E-state index in [2.05, 4.69) is 65.0 Å². The number of aromatic amines is 1. The Balaban J connectivity index is 1.32. The number of halogens is 1. The van der Waals surface area contributed by atoms with Gasteiger partial charge in [-0.05, 0) is 82.6 Å². The summed E-state index contributed by atoms with van der Waals surface area (Å²) in [4.78, 5) is 28.2. The number of carbonyl (C=O) groups excluding carboxylic acids is 1. The lowest BCUT2D eigenvalue weighted by molar-refractivity contribution is -0.137. The van der Waals surface area contributed by atoms with Crippen LogP contribution < -0.4 is 4.90 Å². The SMILES string of the molecule is Cc1ccc2nc(-c3cc(N4CCC[C@H](C(=O)N5CCC(N(C)C)CC5)C4)ccc3Cl)[nH]c2c1. The lowest BCUT2D eigenvalue weighted by Crippen LogP contribution is -2.49. The summed E-state index contributed by atoms with van der Waals surface area (Å²) in [6, 6.07) is 12.9. The van der Waals surface area contributed by atoms with E-state index in [0.29, 0.717) is 17.0 Å². The molecule has 2 aromatic carbocycles. The Labute approximate surface area is 206 Å². The van der Waals surface area contributed by atoms with Crippen LogP contribution in [0.1, 0.15) is 31.2 Å². The number of fused-ring (bicyclic) bond motifs is 1. The largest absolute Gasteiger partial charge is 0.371 e. The number of anilines is 1. The number of imidazole rings is 1. The van der Waals surface area contributed by atoms with E-state index in [9.17, 15) is 4.79 Å². The van der Waals surface area contributed by atoms with E-state index in [1.165, 1.54) is 5.56 Å². The van der Waals surface area contributed by atoms with Crippen molar-refractivity contribution in [2.75, 3.05) is 45.2 Å². The van der Waals surface area contributed by atoms with Gasteiger partial charge in [0.25, 0.3) is 0 Å². The van der Waals surface area contributed by atoms with Crippen molar-refractivity contribution < 1.29 is 4.79 Å². The molecule has 3 aromatic rings. The number of piperidine rings is 2. The first-order valence-corrected chi connectivity index (χ1v) is 12.7. The van der Waals surface area contributed by atoms with Crippen LogP contribution >= 0.6 is 11.6 Å². The van der Waals surface area contributed by atoms with Gasteiger partial charge in [0.1, 0.15) is 5.82 Å². The predicted molar refractivity (Wildman–Crippen MR) is 140 cm³/mol. The molecule has 2 fully saturated rings. The molecule has 1 amide bonds. The third-order valence-electron chi connectivity index (χ3n) is 7.48. The second-order valence-corrected chi connectivity index (χ2v) is 10.5. The smallest absolute Gasteiger partial charge is 0.227 e. The normalized spacial score (nSPS) is 19.9. The van der Waals surface area contributed by atoms with E-state index in [1.807, 2.05) is 12.1 Å². The molecule has 0 radical (unpaired) electrons. The van der Waals surface area contributed by atoms with Gasteiger partial charge >= 0.3 is 0 Å². The number of likely N-dealkylation sites (tertiary alicyclic amines) is 1. The Morgan fingerprint density at radius 1 is 1.09 bits per heavy atom. The van der Waals surface area contributed by atoms with Crippen molar-refractivity contribution in [3.8, 4) is 11.4 Å². The summed E-state index contributed by atoms with van der Waals surface area (Å²) in [5.41, 5.74) is 5.13. The lowest BCUT2D eigenvalue weighted by atomic mass is 9.94. The first-order valence-electron chi connectivity index (χ1n) is 12.4. The number of nitrogens with one attached hydrogen (secondary N) is 1. The Morgan fingerprint density at radius 2 is 1.88 bits per heavy atom. The van der Waals surface area contributed by atoms with Gasteiger partial charge < -0.3 is 19.7 Å². The van der Waals surface area contributed by atoms with Crippen LogP contribution in [0, 0.1) is 12.8 Å². The van der Waals surface area contributed by atoms with Crippen molar-refractivity contribution in [3.63, 3.8) is 0 Å². The number of benzene rings is 2. The zero-order valence-corrected chi connectivity index (χ0v) is 21.1. The van der Waals surface area contributed by atoms with Gasteiger partial charge in [-0.1, -0.05) is 17.7 Å². The minimum atomic E-state index is 0.0537. The average molecular weight is 480 g/mol. The van der Waals surface area contributed by atoms with Crippen LogP contribution in [0.3, 0.4) is 0 Å². The molecule has 1 N–H and O–H groups in total. The fraction of sp³-hybridized carbons (Fsp3) is 0.481. The number of nitrogens with zero attached hydrogens (tertiary/aromatic N) is 4. The number of aromatic nitrogens is 2. The summed E-state index contributed by atoms with van der Waals surface area (Å²) in [7, 11) is 4.27. The number of hydrogen-bond acceptors (Lipinski definition) is 4. The molecule has 5 rings (SSSR count). The second-order valence-electron chi connectivity index (χ2n) is 10.1. The molecular weight excluding hydrogens is 446 g/mol. The summed E-state index contributed by atoms with van der Waals surface area (Å²) in [5.74, 6) is 1.16. The average Bonchev–Trinajstić information content (AvgIpc) is 3.27. The molecule has 0 aliphatic carbocycles. The minimum Gasteiger partial charge on any atom is -0.371 e. The highest BCUT2D eigenvalue weighted by Crippen LogP contribution is 2.34. The van der Waals surface area contributed by atoms with E-state index >= 15 is 0 Å². The maximum absolute atomic E-state index is 13.3. The van der Waals surface area contributed by atoms with E-state index in [0.717, 1.165) is 80.0 Å². The highest BCUT2D eigenvalue weighted by atomic mass is 35.5. The molecule has 2 aliphatic rings. The standard InChI is InChI=1S/C27H34ClN5O/c1-18-6-9-24-25(15-18)30-26(29-24)22-16-21(7-8-23(22)28)33-12-4-5-19(17-33)27(34)32-13-10-20(11-14-32)31(2)3/h6-9,15-16,19-20H,4-5,10-14,17H2,1-3H3,(H,29,30)/t19-/m0/s1. The van der Waals surface area contributed by atoms with Crippen molar-refractivity contribution in [1.29, 1.82) is 0 Å². The van der Waals surface area contributed by atoms with Crippen LogP contribution in [-0.2, 0) is 4.79 Å². The molecule has 0 spiro atoms. The number of H-pyrrole nitrogens is 1. The van der Waals surface area contributed by atoms with Gasteiger partial charge in [-0.15, -0.1) is 0 Å². The van der Waals surface area contributed by atoms with Crippen molar-refractivity contribution >= 4 is 34.2 Å². The highest BCUT2D eigenvalue weighted by Gasteiger charge is 2.32. The molecule has 2 aliphatic heterocycles. The zero-order chi connectivity index (χ0) is 23.8. The summed E-state index contributed by atoms with van der Waals surface area (Å²) in [5, 5.41) is 0.674. The minimum absolute atomic E-state index is 0.0537. The van der Waals surface area contributed by atoms with E-state index in [1.54, 1.807) is 0 Å². The van der Waals surface area contributed by atoms with Gasteiger partial charge in [0.2, 0.25) is 5.91 Å². The Morgan fingerprint density at radius 3 is 2.65 bits per heavy atom. The Hall–Kier alpha value is -2.57. The van der Waals surface area contributed by atoms with Gasteiger partial charge in [0.15, 0.2) is 0 Å². The van der Waals surface area contributed by atoms with Crippen molar-refractivity contribution in [2.45, 2.75) is 38.6 Å². The molecule has 0 bridgehead atoms. The second kappa shape index (κ2) is 9.59. The molecule has 6 nitrogen and oxygen atoms in total. The topological polar surface area (TPSA) is 55.5 Å². The highest BCUT2D eigenvalue weighted by molar-refractivity contribution is 6.33. The summed E-state index contributed by atoms with van der Waals surface area (Å²) < 4.78 is 0. The molecule has 0 saturated carbocycles. The van der Waals surface area contributed by atoms with Gasteiger partial charge in [-0.25, -0.2) is 4.98 Å². The molecule has 3 heterocycles. The molecule has 2 saturated heterocycles. The van der Waals surface area contributed by atoms with Crippen LogP contribution in [0.2, 0.25) is 5.02 Å². The molecule has 180 valence electrons. The third kappa shape index (κ3) is 4.66. The molecule has 7 heteroatoms. The predicted octanol–water partition coefficient (Wildman–Crippen LogP) is 4.96. The summed E-state index contributed by atoms with van der Waals surface area (Å²) in [6.45, 7) is 5.52. The number of amides is 1. The molecule has 0 unspecified atom stereocenters. The fourth-order valence-electron chi connectivity index (χ4n) is 5.42. The molecular formula is C27H34ClN5O. The first kappa shape index (κ1) is 23.2. The van der Waals surface area contributed by atoms with Crippen LogP contribution in [0.4, 0.5) is 5.69 Å².